The van der Waals surface area contributed by atoms with Crippen molar-refractivity contribution in [2.75, 3.05) is 17.2 Å². The molecule has 17 heavy (non-hydrogen) atoms. The second kappa shape index (κ2) is 4.30. The Kier molecular flexibility index (Phi) is 2.84. The van der Waals surface area contributed by atoms with Gasteiger partial charge in [0.25, 0.3) is 0 Å². The summed E-state index contributed by atoms with van der Waals surface area (Å²) in [6.07, 6.45) is 2.24. The van der Waals surface area contributed by atoms with Crippen LogP contribution < -0.4 is 10.6 Å². The maximum absolute atomic E-state index is 11.8. The topological polar surface area (TPSA) is 70.1 Å². The van der Waals surface area contributed by atoms with Crippen molar-refractivity contribution in [3.05, 3.63) is 36.4 Å². The van der Waals surface area contributed by atoms with Crippen LogP contribution >= 0.6 is 0 Å². The molecule has 2 N–H and O–H groups in total. The van der Waals surface area contributed by atoms with Gasteiger partial charge in [-0.2, -0.15) is 5.26 Å². The molecule has 1 atom stereocenters. The van der Waals surface area contributed by atoms with Crippen LogP contribution in [0.5, 0.6) is 0 Å². The van der Waals surface area contributed by atoms with Crippen LogP contribution in [0.15, 0.2) is 30.9 Å². The van der Waals surface area contributed by atoms with Gasteiger partial charge in [0.15, 0.2) is 0 Å². The molecule has 1 unspecified atom stereocenters. The quantitative estimate of drug-likeness (QED) is 0.617. The van der Waals surface area contributed by atoms with Gasteiger partial charge in [-0.15, -0.1) is 6.58 Å². The predicted molar refractivity (Wildman–Crippen MR) is 66.2 cm³/mol. The molecule has 2 rings (SSSR count). The summed E-state index contributed by atoms with van der Waals surface area (Å²) in [5.41, 5.74) is 7.49. The van der Waals surface area contributed by atoms with Gasteiger partial charge in [-0.3, -0.25) is 4.79 Å². The molecule has 1 aliphatic rings. The number of nitriles is 1. The molecule has 0 aliphatic carbocycles. The fourth-order valence-electron chi connectivity index (χ4n) is 1.97. The summed E-state index contributed by atoms with van der Waals surface area (Å²) in [6.45, 7) is 4.28. The molecule has 4 heteroatoms. The lowest BCUT2D eigenvalue weighted by Gasteiger charge is -2.18. The van der Waals surface area contributed by atoms with E-state index in [1.165, 1.54) is 0 Å². The summed E-state index contributed by atoms with van der Waals surface area (Å²) in [5.74, 6) is 0.185. The van der Waals surface area contributed by atoms with Crippen LogP contribution in [0.25, 0.3) is 0 Å². The summed E-state index contributed by atoms with van der Waals surface area (Å²) >= 11 is 0. The molecular weight excluding hydrogens is 214 g/mol. The Labute approximate surface area is 99.9 Å². The first-order chi connectivity index (χ1) is 8.15. The second-order valence-electron chi connectivity index (χ2n) is 4.09. The molecule has 1 saturated heterocycles. The number of amides is 1. The first-order valence-corrected chi connectivity index (χ1v) is 5.38. The van der Waals surface area contributed by atoms with Crippen molar-refractivity contribution in [1.29, 1.82) is 5.26 Å². The van der Waals surface area contributed by atoms with Crippen LogP contribution in [0.4, 0.5) is 11.4 Å². The predicted octanol–water partition coefficient (Wildman–Crippen LogP) is 1.68. The lowest BCUT2D eigenvalue weighted by atomic mass is 10.1. The van der Waals surface area contributed by atoms with Crippen molar-refractivity contribution in [1.82, 2.24) is 0 Å². The first-order valence-electron chi connectivity index (χ1n) is 5.38. The third-order valence-corrected chi connectivity index (χ3v) is 2.94. The van der Waals surface area contributed by atoms with Gasteiger partial charge in [0.05, 0.1) is 23.0 Å². The van der Waals surface area contributed by atoms with Crippen LogP contribution in [0.1, 0.15) is 12.0 Å². The number of hydrogen-bond acceptors (Lipinski definition) is 3. The van der Waals surface area contributed by atoms with E-state index in [1.54, 1.807) is 29.2 Å². The summed E-state index contributed by atoms with van der Waals surface area (Å²) in [7, 11) is 0. The maximum atomic E-state index is 11.8. The highest BCUT2D eigenvalue weighted by Crippen LogP contribution is 2.30. The molecule has 1 amide bonds. The average molecular weight is 227 g/mol. The largest absolute Gasteiger partial charge is 0.397 e. The van der Waals surface area contributed by atoms with Crippen LogP contribution in [-0.2, 0) is 4.79 Å². The Morgan fingerprint density at radius 2 is 2.35 bits per heavy atom. The van der Waals surface area contributed by atoms with Crippen molar-refractivity contribution in [3.63, 3.8) is 0 Å². The van der Waals surface area contributed by atoms with Crippen molar-refractivity contribution in [3.8, 4) is 6.07 Å². The molecular formula is C13H13N3O. The van der Waals surface area contributed by atoms with Gasteiger partial charge < -0.3 is 10.6 Å². The Morgan fingerprint density at radius 3 is 2.94 bits per heavy atom. The van der Waals surface area contributed by atoms with Crippen molar-refractivity contribution < 1.29 is 4.79 Å². The molecule has 0 radical (unpaired) electrons. The fourth-order valence-corrected chi connectivity index (χ4v) is 1.97. The molecule has 0 saturated carbocycles. The van der Waals surface area contributed by atoms with Gasteiger partial charge in [-0.05, 0) is 18.2 Å². The van der Waals surface area contributed by atoms with Crippen molar-refractivity contribution >= 4 is 17.3 Å². The lowest BCUT2D eigenvalue weighted by molar-refractivity contribution is -0.117. The molecule has 1 aromatic rings. The van der Waals surface area contributed by atoms with E-state index in [4.69, 9.17) is 11.0 Å². The minimum Gasteiger partial charge on any atom is -0.397 e. The minimum absolute atomic E-state index is 0.0247. The van der Waals surface area contributed by atoms with Gasteiger partial charge in [-0.25, -0.2) is 0 Å². The van der Waals surface area contributed by atoms with Crippen LogP contribution in [-0.4, -0.2) is 12.5 Å². The number of hydrogen-bond donors (Lipinski definition) is 1. The second-order valence-corrected chi connectivity index (χ2v) is 4.09. The highest BCUT2D eigenvalue weighted by Gasteiger charge is 2.29. The molecule has 1 fully saturated rings. The Morgan fingerprint density at radius 1 is 1.59 bits per heavy atom. The van der Waals surface area contributed by atoms with Crippen molar-refractivity contribution in [2.45, 2.75) is 6.42 Å². The summed E-state index contributed by atoms with van der Waals surface area (Å²) in [5, 5.41) is 8.85. The molecule has 1 heterocycles. The fraction of sp³-hybridized carbons (Fsp3) is 0.231. The lowest BCUT2D eigenvalue weighted by Crippen LogP contribution is -2.25. The number of benzene rings is 1. The third kappa shape index (κ3) is 2.00. The molecule has 86 valence electrons. The number of nitrogen functional groups attached to an aromatic ring is 1. The van der Waals surface area contributed by atoms with E-state index >= 15 is 0 Å². The number of carbonyl (C=O) groups is 1. The van der Waals surface area contributed by atoms with Crippen LogP contribution in [0.2, 0.25) is 0 Å². The van der Waals surface area contributed by atoms with Crippen molar-refractivity contribution in [2.24, 2.45) is 5.92 Å². The molecule has 0 aromatic heterocycles. The average Bonchev–Trinajstić information content (AvgIpc) is 2.71. The van der Waals surface area contributed by atoms with E-state index in [9.17, 15) is 4.79 Å². The molecule has 0 bridgehead atoms. The van der Waals surface area contributed by atoms with Gasteiger partial charge >= 0.3 is 0 Å². The third-order valence-electron chi connectivity index (χ3n) is 2.94. The zero-order chi connectivity index (χ0) is 12.4. The van der Waals surface area contributed by atoms with Gasteiger partial charge in [0.1, 0.15) is 0 Å². The summed E-state index contributed by atoms with van der Waals surface area (Å²) < 4.78 is 0. The van der Waals surface area contributed by atoms with E-state index in [1.807, 2.05) is 6.07 Å². The van der Waals surface area contributed by atoms with Gasteiger partial charge in [0.2, 0.25) is 5.91 Å². The number of anilines is 2. The maximum Gasteiger partial charge on any atom is 0.227 e. The molecule has 0 spiro atoms. The zero-order valence-corrected chi connectivity index (χ0v) is 9.39. The smallest absolute Gasteiger partial charge is 0.227 e. The number of nitrogens with zero attached hydrogens (tertiary/aromatic N) is 2. The molecule has 1 aliphatic heterocycles. The van der Waals surface area contributed by atoms with Crippen LogP contribution in [0.3, 0.4) is 0 Å². The van der Waals surface area contributed by atoms with E-state index < -0.39 is 0 Å². The standard InChI is InChI=1S/C13H13N3O/c1-2-9-6-13(17)16(8-9)12-5-10(7-14)3-4-11(12)15/h2-5,9H,1,6,8,15H2. The molecule has 1 aromatic carbocycles. The number of nitrogens with two attached hydrogens (primary N) is 1. The Balaban J connectivity index is 2.37. The van der Waals surface area contributed by atoms with E-state index in [0.29, 0.717) is 29.9 Å². The normalized spacial score (nSPS) is 19.1. The van der Waals surface area contributed by atoms with Crippen LogP contribution in [0, 0.1) is 17.2 Å². The summed E-state index contributed by atoms with van der Waals surface area (Å²) in [6, 6.07) is 6.99. The van der Waals surface area contributed by atoms with E-state index in [0.717, 1.165) is 0 Å². The van der Waals surface area contributed by atoms with E-state index in [2.05, 4.69) is 6.58 Å². The summed E-state index contributed by atoms with van der Waals surface area (Å²) in [4.78, 5) is 13.5. The number of carbonyl (C=O) groups excluding carboxylic acids is 1. The highest BCUT2D eigenvalue weighted by molar-refractivity contribution is 5.98. The van der Waals surface area contributed by atoms with E-state index in [-0.39, 0.29) is 11.8 Å². The Hall–Kier alpha value is -2.28. The zero-order valence-electron chi connectivity index (χ0n) is 9.39. The minimum atomic E-state index is 0.0247. The highest BCUT2D eigenvalue weighted by atomic mass is 16.2. The van der Waals surface area contributed by atoms with Gasteiger partial charge in [0, 0.05) is 18.9 Å². The number of rotatable bonds is 2. The Bertz CT molecular complexity index is 516. The monoisotopic (exact) mass is 227 g/mol. The first kappa shape index (κ1) is 11.2. The van der Waals surface area contributed by atoms with Gasteiger partial charge in [-0.1, -0.05) is 6.08 Å². The SMILES string of the molecule is C=CC1CC(=O)N(c2cc(C#N)ccc2N)C1. The molecule has 4 nitrogen and oxygen atoms in total.